The Bertz CT molecular complexity index is 1360. The van der Waals surface area contributed by atoms with Gasteiger partial charge in [-0.3, -0.25) is 19.1 Å². The average Bonchev–Trinajstić information content (AvgIpc) is 3.75. The van der Waals surface area contributed by atoms with Gasteiger partial charge in [0.1, 0.15) is 0 Å². The molecule has 0 bridgehead atoms. The Balaban J connectivity index is 1.50. The number of morpholine rings is 1. The number of carbonyl (C=O) groups is 2. The summed E-state index contributed by atoms with van der Waals surface area (Å²) >= 11 is 0. The molecule has 2 aliphatic rings. The Morgan fingerprint density at radius 2 is 1.84 bits per heavy atom. The highest BCUT2D eigenvalue weighted by atomic mass is 16.6. The van der Waals surface area contributed by atoms with Crippen molar-refractivity contribution in [2.45, 2.75) is 77.2 Å². The molecular formula is C26H39N11O6. The highest BCUT2D eigenvalue weighted by Crippen LogP contribution is 2.42. The van der Waals surface area contributed by atoms with Crippen molar-refractivity contribution < 1.29 is 28.5 Å². The van der Waals surface area contributed by atoms with Crippen LogP contribution in [0.25, 0.3) is 11.2 Å². The quantitative estimate of drug-likeness (QED) is 0.236. The first-order chi connectivity index (χ1) is 21.0. The zero-order chi connectivity index (χ0) is 30.3. The summed E-state index contributed by atoms with van der Waals surface area (Å²) in [5, 5.41) is 19.4. The van der Waals surface area contributed by atoms with Crippen LogP contribution in [0.4, 0.5) is 11.8 Å². The minimum atomic E-state index is -1.06. The van der Waals surface area contributed by atoms with Crippen LogP contribution in [-0.2, 0) is 28.5 Å². The predicted molar refractivity (Wildman–Crippen MR) is 152 cm³/mol. The van der Waals surface area contributed by atoms with Gasteiger partial charge < -0.3 is 29.6 Å². The molecule has 234 valence electrons. The van der Waals surface area contributed by atoms with E-state index >= 15 is 0 Å². The maximum absolute atomic E-state index is 11.6. The van der Waals surface area contributed by atoms with Crippen molar-refractivity contribution in [1.82, 2.24) is 44.6 Å². The zero-order valence-electron chi connectivity index (χ0n) is 24.8. The number of ether oxygens (including phenoxy) is 4. The van der Waals surface area contributed by atoms with Crippen molar-refractivity contribution in [1.29, 1.82) is 0 Å². The third-order valence-corrected chi connectivity index (χ3v) is 7.61. The van der Waals surface area contributed by atoms with Crippen LogP contribution in [0.15, 0.2) is 6.33 Å². The second kappa shape index (κ2) is 14.0. The Labute approximate surface area is 248 Å². The second-order valence-corrected chi connectivity index (χ2v) is 10.7. The van der Waals surface area contributed by atoms with E-state index in [0.29, 0.717) is 29.5 Å². The first-order valence-corrected chi connectivity index (χ1v) is 14.6. The van der Waals surface area contributed by atoms with Gasteiger partial charge in [-0.15, -0.1) is 10.2 Å². The molecule has 2 saturated heterocycles. The van der Waals surface area contributed by atoms with Crippen LogP contribution in [0.3, 0.4) is 0 Å². The molecule has 17 heteroatoms. The minimum Gasteiger partial charge on any atom is -0.457 e. The molecule has 0 spiro atoms. The fourth-order valence-corrected chi connectivity index (χ4v) is 5.18. The summed E-state index contributed by atoms with van der Waals surface area (Å²) in [6.07, 6.45) is -0.739. The molecule has 5 heterocycles. The Morgan fingerprint density at radius 1 is 1.09 bits per heavy atom. The van der Waals surface area contributed by atoms with E-state index in [1.54, 1.807) is 10.9 Å². The summed E-state index contributed by atoms with van der Waals surface area (Å²) in [5.41, 5.74) is 0.949. The molecule has 43 heavy (non-hydrogen) atoms. The molecule has 0 amide bonds. The number of aromatic nitrogens is 8. The highest BCUT2D eigenvalue weighted by molar-refractivity contribution is 5.84. The van der Waals surface area contributed by atoms with Crippen molar-refractivity contribution in [3.05, 3.63) is 12.2 Å². The molecule has 2 N–H and O–H groups in total. The van der Waals surface area contributed by atoms with E-state index in [0.717, 1.165) is 45.7 Å². The summed E-state index contributed by atoms with van der Waals surface area (Å²) in [6.45, 7) is 13.2. The molecule has 0 aliphatic carbocycles. The van der Waals surface area contributed by atoms with Gasteiger partial charge in [0.2, 0.25) is 11.8 Å². The van der Waals surface area contributed by atoms with Gasteiger partial charge in [-0.25, -0.2) is 4.98 Å². The number of nitrogens with one attached hydrogen (secondary N) is 2. The number of hydrogen-bond acceptors (Lipinski definition) is 15. The van der Waals surface area contributed by atoms with Crippen molar-refractivity contribution >= 4 is 35.9 Å². The maximum Gasteiger partial charge on any atom is 0.293 e. The smallest absolute Gasteiger partial charge is 0.293 e. The van der Waals surface area contributed by atoms with Crippen LogP contribution >= 0.6 is 0 Å². The van der Waals surface area contributed by atoms with Crippen molar-refractivity contribution in [3.63, 3.8) is 0 Å². The summed E-state index contributed by atoms with van der Waals surface area (Å²) in [7, 11) is 0. The van der Waals surface area contributed by atoms with Gasteiger partial charge in [-0.2, -0.15) is 14.8 Å². The molecule has 5 rings (SSSR count). The Morgan fingerprint density at radius 3 is 2.51 bits per heavy atom. The lowest BCUT2D eigenvalue weighted by atomic mass is 10.1. The fourth-order valence-electron chi connectivity index (χ4n) is 5.18. The molecule has 3 aromatic heterocycles. The summed E-state index contributed by atoms with van der Waals surface area (Å²) in [6, 6.07) is 0.109. The van der Waals surface area contributed by atoms with E-state index in [1.807, 2.05) is 13.8 Å². The number of rotatable bonds is 15. The van der Waals surface area contributed by atoms with Crippen LogP contribution < -0.4 is 10.6 Å². The number of imidazole rings is 1. The molecular weight excluding hydrogens is 562 g/mol. The first-order valence-electron chi connectivity index (χ1n) is 14.6. The Kier molecular flexibility index (Phi) is 9.93. The molecule has 2 fully saturated rings. The zero-order valence-corrected chi connectivity index (χ0v) is 24.8. The number of anilines is 2. The summed E-state index contributed by atoms with van der Waals surface area (Å²) in [4.78, 5) is 41.0. The Hall–Kier alpha value is -3.96. The van der Waals surface area contributed by atoms with E-state index in [1.165, 1.54) is 4.80 Å². The predicted octanol–water partition coefficient (Wildman–Crippen LogP) is 1.09. The van der Waals surface area contributed by atoms with Crippen LogP contribution in [0.1, 0.15) is 64.7 Å². The normalized spacial score (nSPS) is 22.7. The van der Waals surface area contributed by atoms with Crippen LogP contribution in [0.2, 0.25) is 0 Å². The second-order valence-electron chi connectivity index (χ2n) is 10.7. The summed E-state index contributed by atoms with van der Waals surface area (Å²) < 4.78 is 24.2. The number of hydrogen-bond donors (Lipinski definition) is 2. The van der Waals surface area contributed by atoms with E-state index in [-0.39, 0.29) is 30.9 Å². The van der Waals surface area contributed by atoms with E-state index < -0.39 is 24.5 Å². The maximum atomic E-state index is 11.6. The van der Waals surface area contributed by atoms with Gasteiger partial charge in [0, 0.05) is 32.2 Å². The van der Waals surface area contributed by atoms with Gasteiger partial charge in [0.05, 0.1) is 25.6 Å². The molecule has 3 aromatic rings. The number of nitrogens with zero attached hydrogens (tertiary/aromatic N) is 9. The molecule has 0 aromatic carbocycles. The SMILES string of the molecule is CCC(CC)Nc1nc(NCCN2CCOCC2)nc2c1ncn2[C@@H]1O[C@H](c2nnn(C(C)C)n2)[C@H](OC=O)[C@H]1OC=O. The number of fused-ring (bicyclic) bond motifs is 1. The third-order valence-electron chi connectivity index (χ3n) is 7.61. The third kappa shape index (κ3) is 6.67. The number of carbonyl (C=O) groups excluding carboxylic acids is 2. The van der Waals surface area contributed by atoms with Crippen molar-refractivity contribution in [2.24, 2.45) is 0 Å². The first kappa shape index (κ1) is 30.5. The standard InChI is InChI=1S/C26H39N11O6/c1-5-17(6-2)29-22-18-24(31-26(30-22)27-7-8-35-9-11-40-12-10-35)36(13-28-18)25-21(42-15-39)19(41-14-38)20(43-25)23-32-34-37(33-23)16(3)4/h13-17,19-21,25H,5-12H2,1-4H3,(H2,27,29,30,31)/t19-,20-,21+,25+/m0/s1. The van der Waals surface area contributed by atoms with Crippen LogP contribution in [0, 0.1) is 0 Å². The lowest BCUT2D eigenvalue weighted by molar-refractivity contribution is -0.151. The van der Waals surface area contributed by atoms with Gasteiger partial charge in [-0.1, -0.05) is 13.8 Å². The molecule has 17 nitrogen and oxygen atoms in total. The molecule has 2 aliphatic heterocycles. The van der Waals surface area contributed by atoms with Gasteiger partial charge in [0.25, 0.3) is 12.9 Å². The van der Waals surface area contributed by atoms with Gasteiger partial charge in [0.15, 0.2) is 41.5 Å². The molecule has 0 radical (unpaired) electrons. The highest BCUT2D eigenvalue weighted by Gasteiger charge is 2.52. The summed E-state index contributed by atoms with van der Waals surface area (Å²) in [5.74, 6) is 1.15. The lowest BCUT2D eigenvalue weighted by Crippen LogP contribution is -2.39. The molecule has 0 unspecified atom stereocenters. The van der Waals surface area contributed by atoms with Gasteiger partial charge >= 0.3 is 0 Å². The van der Waals surface area contributed by atoms with E-state index in [2.05, 4.69) is 49.8 Å². The topological polar surface area (TPSA) is 186 Å². The minimum absolute atomic E-state index is 0.0599. The lowest BCUT2D eigenvalue weighted by Gasteiger charge is -2.26. The van der Waals surface area contributed by atoms with E-state index in [9.17, 15) is 9.59 Å². The monoisotopic (exact) mass is 601 g/mol. The largest absolute Gasteiger partial charge is 0.457 e. The van der Waals surface area contributed by atoms with Crippen LogP contribution in [-0.4, -0.2) is 115 Å². The van der Waals surface area contributed by atoms with E-state index in [4.69, 9.17) is 28.9 Å². The van der Waals surface area contributed by atoms with Crippen LogP contribution in [0.5, 0.6) is 0 Å². The fraction of sp³-hybridized carbons (Fsp3) is 0.692. The van der Waals surface area contributed by atoms with Crippen molar-refractivity contribution in [3.8, 4) is 0 Å². The van der Waals surface area contributed by atoms with Crippen molar-refractivity contribution in [2.75, 3.05) is 50.0 Å². The molecule has 4 atom stereocenters. The average molecular weight is 602 g/mol. The molecule has 0 saturated carbocycles. The van der Waals surface area contributed by atoms with Gasteiger partial charge in [-0.05, 0) is 31.9 Å². The number of tetrazole rings is 1.